The lowest BCUT2D eigenvalue weighted by atomic mass is 10.0. The van der Waals surface area contributed by atoms with E-state index >= 15 is 0 Å². The number of H-pyrrole nitrogens is 1. The predicted molar refractivity (Wildman–Crippen MR) is 113 cm³/mol. The molecule has 4 rings (SSSR count). The molecule has 150 valence electrons. The molecule has 3 aromatic rings. The number of hydrogen-bond acceptors (Lipinski definition) is 4. The van der Waals surface area contributed by atoms with Gasteiger partial charge in [-0.2, -0.15) is 0 Å². The van der Waals surface area contributed by atoms with Crippen molar-refractivity contribution in [3.63, 3.8) is 0 Å². The van der Waals surface area contributed by atoms with Crippen molar-refractivity contribution in [3.05, 3.63) is 76.1 Å². The van der Waals surface area contributed by atoms with E-state index in [1.165, 1.54) is 18.9 Å². The molecule has 2 N–H and O–H groups in total. The number of rotatable bonds is 6. The summed E-state index contributed by atoms with van der Waals surface area (Å²) in [5, 5.41) is 3.89. The van der Waals surface area contributed by atoms with Crippen molar-refractivity contribution in [2.24, 2.45) is 0 Å². The van der Waals surface area contributed by atoms with Gasteiger partial charge in [0.2, 0.25) is 5.56 Å². The molecule has 1 unspecified atom stereocenters. The Bertz CT molecular complexity index is 1050. The van der Waals surface area contributed by atoms with Crippen LogP contribution in [0.3, 0.4) is 0 Å². The second-order valence-electron chi connectivity index (χ2n) is 7.40. The number of benzene rings is 2. The van der Waals surface area contributed by atoms with E-state index in [1.807, 2.05) is 42.5 Å². The van der Waals surface area contributed by atoms with Crippen molar-refractivity contribution in [1.29, 1.82) is 0 Å². The fourth-order valence-corrected chi connectivity index (χ4v) is 3.92. The molecule has 1 aliphatic rings. The Morgan fingerprint density at radius 3 is 2.59 bits per heavy atom. The van der Waals surface area contributed by atoms with E-state index in [2.05, 4.69) is 15.2 Å². The second-order valence-corrected chi connectivity index (χ2v) is 7.40. The van der Waals surface area contributed by atoms with Crippen LogP contribution in [0.15, 0.2) is 59.4 Å². The van der Waals surface area contributed by atoms with Crippen molar-refractivity contribution in [1.82, 2.24) is 15.2 Å². The normalized spacial score (nSPS) is 15.3. The number of hydrogen-bond donors (Lipinski definition) is 2. The molecule has 1 atom stereocenters. The maximum absolute atomic E-state index is 13.2. The maximum atomic E-state index is 13.2. The molecule has 29 heavy (non-hydrogen) atoms. The lowest BCUT2D eigenvalue weighted by molar-refractivity contribution is 0.0928. The summed E-state index contributed by atoms with van der Waals surface area (Å²) in [5.74, 6) is 0.535. The number of aromatic amines is 1. The number of amides is 1. The third-order valence-corrected chi connectivity index (χ3v) is 5.46. The standard InChI is InChI=1S/C23H25N3O3/c1-29-17-10-8-16(9-11-17)21(15-26-12-4-5-13-26)25-23(28)19-14-22(27)24-20-7-3-2-6-18(19)20/h2-3,6-11,14,21H,4-5,12-13,15H2,1H3,(H,24,27)(H,25,28). The van der Waals surface area contributed by atoms with Gasteiger partial charge in [0.1, 0.15) is 5.75 Å². The summed E-state index contributed by atoms with van der Waals surface area (Å²) in [5.41, 5.74) is 1.78. The van der Waals surface area contributed by atoms with Crippen molar-refractivity contribution >= 4 is 16.8 Å². The molecule has 2 heterocycles. The van der Waals surface area contributed by atoms with Gasteiger partial charge in [-0.3, -0.25) is 9.59 Å². The minimum absolute atomic E-state index is 0.176. The molecule has 2 aromatic carbocycles. The molecular weight excluding hydrogens is 366 g/mol. The van der Waals surface area contributed by atoms with Crippen molar-refractivity contribution in [3.8, 4) is 5.75 Å². The first kappa shape index (κ1) is 19.2. The van der Waals surface area contributed by atoms with Crippen LogP contribution in [0.2, 0.25) is 0 Å². The minimum atomic E-state index is -0.283. The van der Waals surface area contributed by atoms with E-state index in [0.717, 1.165) is 36.3 Å². The number of aromatic nitrogens is 1. The Labute approximate surface area is 169 Å². The Kier molecular flexibility index (Phi) is 5.62. The highest BCUT2D eigenvalue weighted by Crippen LogP contribution is 2.22. The first-order valence-corrected chi connectivity index (χ1v) is 9.93. The minimum Gasteiger partial charge on any atom is -0.497 e. The summed E-state index contributed by atoms with van der Waals surface area (Å²) in [6.07, 6.45) is 2.37. The molecule has 6 nitrogen and oxygen atoms in total. The Balaban J connectivity index is 1.64. The smallest absolute Gasteiger partial charge is 0.252 e. The molecule has 1 aliphatic heterocycles. The van der Waals surface area contributed by atoms with Crippen molar-refractivity contribution < 1.29 is 9.53 Å². The number of nitrogens with zero attached hydrogens (tertiary/aromatic N) is 1. The third-order valence-electron chi connectivity index (χ3n) is 5.46. The Hall–Kier alpha value is -3.12. The first-order valence-electron chi connectivity index (χ1n) is 9.93. The topological polar surface area (TPSA) is 74.4 Å². The number of fused-ring (bicyclic) bond motifs is 1. The van der Waals surface area contributed by atoms with Gasteiger partial charge >= 0.3 is 0 Å². The molecule has 1 saturated heterocycles. The largest absolute Gasteiger partial charge is 0.497 e. The summed E-state index contributed by atoms with van der Waals surface area (Å²) in [7, 11) is 1.64. The molecule has 1 fully saturated rings. The van der Waals surface area contributed by atoms with E-state index in [1.54, 1.807) is 13.2 Å². The van der Waals surface area contributed by atoms with Crippen LogP contribution in [0.4, 0.5) is 0 Å². The van der Waals surface area contributed by atoms with Crippen molar-refractivity contribution in [2.75, 3.05) is 26.7 Å². The zero-order valence-corrected chi connectivity index (χ0v) is 16.5. The van der Waals surface area contributed by atoms with Crippen LogP contribution in [0, 0.1) is 0 Å². The van der Waals surface area contributed by atoms with Crippen LogP contribution in [-0.4, -0.2) is 42.5 Å². The number of para-hydroxylation sites is 1. The number of likely N-dealkylation sites (tertiary alicyclic amines) is 1. The van der Waals surface area contributed by atoms with Gasteiger partial charge in [0.25, 0.3) is 5.91 Å². The van der Waals surface area contributed by atoms with E-state index < -0.39 is 0 Å². The van der Waals surface area contributed by atoms with Crippen LogP contribution in [0.25, 0.3) is 10.9 Å². The molecule has 0 bridgehead atoms. The van der Waals surface area contributed by atoms with Crippen LogP contribution in [-0.2, 0) is 0 Å². The lowest BCUT2D eigenvalue weighted by Crippen LogP contribution is -2.37. The molecule has 0 aliphatic carbocycles. The highest BCUT2D eigenvalue weighted by Gasteiger charge is 2.22. The molecule has 0 spiro atoms. The SMILES string of the molecule is COc1ccc(C(CN2CCCC2)NC(=O)c2cc(=O)[nH]c3ccccc23)cc1. The highest BCUT2D eigenvalue weighted by atomic mass is 16.5. The lowest BCUT2D eigenvalue weighted by Gasteiger charge is -2.25. The summed E-state index contributed by atoms with van der Waals surface area (Å²) >= 11 is 0. The van der Waals surface area contributed by atoms with Gasteiger partial charge in [0, 0.05) is 23.5 Å². The molecular formula is C23H25N3O3. The average molecular weight is 391 g/mol. The average Bonchev–Trinajstić information content (AvgIpc) is 3.26. The van der Waals surface area contributed by atoms with Gasteiger partial charge in [-0.15, -0.1) is 0 Å². The number of nitrogens with one attached hydrogen (secondary N) is 2. The van der Waals surface area contributed by atoms with Gasteiger partial charge < -0.3 is 19.9 Å². The number of pyridine rings is 1. The summed E-state index contributed by atoms with van der Waals surface area (Å²) in [4.78, 5) is 30.4. The van der Waals surface area contributed by atoms with Crippen LogP contribution in [0.5, 0.6) is 5.75 Å². The van der Waals surface area contributed by atoms with Gasteiger partial charge in [-0.1, -0.05) is 30.3 Å². The maximum Gasteiger partial charge on any atom is 0.252 e. The molecule has 0 saturated carbocycles. The zero-order chi connectivity index (χ0) is 20.2. The fourth-order valence-electron chi connectivity index (χ4n) is 3.92. The van der Waals surface area contributed by atoms with Gasteiger partial charge in [0.15, 0.2) is 0 Å². The molecule has 6 heteroatoms. The summed E-state index contributed by atoms with van der Waals surface area (Å²) in [6.45, 7) is 2.81. The van der Waals surface area contributed by atoms with E-state index in [-0.39, 0.29) is 17.5 Å². The number of carbonyl (C=O) groups is 1. The zero-order valence-electron chi connectivity index (χ0n) is 16.5. The number of methoxy groups -OCH3 is 1. The molecule has 1 amide bonds. The van der Waals surface area contributed by atoms with Crippen molar-refractivity contribution in [2.45, 2.75) is 18.9 Å². The highest BCUT2D eigenvalue weighted by molar-refractivity contribution is 6.06. The monoisotopic (exact) mass is 391 g/mol. The molecule has 0 radical (unpaired) electrons. The third kappa shape index (κ3) is 4.32. The Morgan fingerprint density at radius 1 is 1.14 bits per heavy atom. The number of carbonyl (C=O) groups excluding carboxylic acids is 1. The van der Waals surface area contributed by atoms with Gasteiger partial charge in [-0.25, -0.2) is 0 Å². The summed E-state index contributed by atoms with van der Waals surface area (Å²) < 4.78 is 5.26. The van der Waals surface area contributed by atoms with Crippen LogP contribution >= 0.6 is 0 Å². The number of ether oxygens (including phenoxy) is 1. The van der Waals surface area contributed by atoms with E-state index in [9.17, 15) is 9.59 Å². The molecule has 1 aromatic heterocycles. The predicted octanol–water partition coefficient (Wildman–Crippen LogP) is 3.10. The second kappa shape index (κ2) is 8.49. The first-order chi connectivity index (χ1) is 14.1. The fraction of sp³-hybridized carbons (Fsp3) is 0.304. The quantitative estimate of drug-likeness (QED) is 0.677. The van der Waals surface area contributed by atoms with Gasteiger partial charge in [-0.05, 0) is 49.7 Å². The van der Waals surface area contributed by atoms with Gasteiger partial charge in [0.05, 0.1) is 18.7 Å². The van der Waals surface area contributed by atoms with E-state index in [0.29, 0.717) is 11.1 Å². The summed E-state index contributed by atoms with van der Waals surface area (Å²) in [6, 6.07) is 16.3. The van der Waals surface area contributed by atoms with Crippen LogP contribution in [0.1, 0.15) is 34.8 Å². The Morgan fingerprint density at radius 2 is 1.86 bits per heavy atom. The van der Waals surface area contributed by atoms with E-state index in [4.69, 9.17) is 4.74 Å². The van der Waals surface area contributed by atoms with Crippen LogP contribution < -0.4 is 15.6 Å².